The Kier molecular flexibility index (Phi) is 6.05. The van der Waals surface area contributed by atoms with Gasteiger partial charge in [-0.2, -0.15) is 0 Å². The smallest absolute Gasteiger partial charge is 0.305 e. The predicted molar refractivity (Wildman–Crippen MR) is 70.2 cm³/mol. The number of benzene rings is 1. The van der Waals surface area contributed by atoms with Gasteiger partial charge in [-0.05, 0) is 44.0 Å². The van der Waals surface area contributed by atoms with Crippen LogP contribution in [-0.4, -0.2) is 19.2 Å². The fourth-order valence-electron chi connectivity index (χ4n) is 1.35. The van der Waals surface area contributed by atoms with Crippen LogP contribution < -0.4 is 4.74 Å². The second kappa shape index (κ2) is 7.33. The molecule has 0 bridgehead atoms. The van der Waals surface area contributed by atoms with E-state index in [2.05, 4.69) is 15.9 Å². The maximum atomic E-state index is 11.1. The number of ether oxygens (including phenoxy) is 2. The van der Waals surface area contributed by atoms with Crippen LogP contribution in [0.1, 0.15) is 25.3 Å². The average Bonchev–Trinajstić information content (AvgIpc) is 2.29. The zero-order valence-corrected chi connectivity index (χ0v) is 11.7. The first kappa shape index (κ1) is 14.0. The molecule has 0 unspecified atom stereocenters. The summed E-state index contributed by atoms with van der Waals surface area (Å²) in [4.78, 5) is 11.1. The fourth-order valence-corrected chi connectivity index (χ4v) is 1.59. The van der Waals surface area contributed by atoms with Crippen molar-refractivity contribution in [3.05, 3.63) is 28.2 Å². The minimum Gasteiger partial charge on any atom is -0.494 e. The van der Waals surface area contributed by atoms with Crippen molar-refractivity contribution in [2.45, 2.75) is 26.7 Å². The molecule has 0 fully saturated rings. The van der Waals surface area contributed by atoms with E-state index in [0.29, 0.717) is 26.1 Å². The van der Waals surface area contributed by atoms with Gasteiger partial charge < -0.3 is 9.47 Å². The van der Waals surface area contributed by atoms with Crippen LogP contribution in [-0.2, 0) is 9.53 Å². The second-order valence-corrected chi connectivity index (χ2v) is 4.52. The van der Waals surface area contributed by atoms with Crippen LogP contribution in [0.5, 0.6) is 5.75 Å². The molecule has 0 saturated heterocycles. The highest BCUT2D eigenvalue weighted by atomic mass is 79.9. The predicted octanol–water partition coefficient (Wildman–Crippen LogP) is 3.48. The maximum absolute atomic E-state index is 11.1. The Bertz CT molecular complexity index is 377. The lowest BCUT2D eigenvalue weighted by molar-refractivity contribution is -0.143. The molecule has 94 valence electrons. The van der Waals surface area contributed by atoms with Crippen LogP contribution in [0.15, 0.2) is 22.7 Å². The molecule has 0 radical (unpaired) electrons. The van der Waals surface area contributed by atoms with Gasteiger partial charge in [-0.25, -0.2) is 0 Å². The molecule has 0 atom stereocenters. The van der Waals surface area contributed by atoms with Gasteiger partial charge in [0.15, 0.2) is 0 Å². The summed E-state index contributed by atoms with van der Waals surface area (Å²) in [6.07, 6.45) is 1.08. The van der Waals surface area contributed by atoms with Gasteiger partial charge in [0.2, 0.25) is 0 Å². The first-order chi connectivity index (χ1) is 8.13. The van der Waals surface area contributed by atoms with Crippen LogP contribution in [0.3, 0.4) is 0 Å². The fraction of sp³-hybridized carbons (Fsp3) is 0.462. The molecule has 3 nitrogen and oxygen atoms in total. The van der Waals surface area contributed by atoms with Gasteiger partial charge in [-0.1, -0.05) is 15.9 Å². The molecule has 0 amide bonds. The highest BCUT2D eigenvalue weighted by Crippen LogP contribution is 2.21. The van der Waals surface area contributed by atoms with E-state index in [9.17, 15) is 4.79 Å². The van der Waals surface area contributed by atoms with E-state index in [0.717, 1.165) is 15.8 Å². The lowest BCUT2D eigenvalue weighted by Gasteiger charge is -2.07. The summed E-state index contributed by atoms with van der Waals surface area (Å²) in [6.45, 7) is 4.78. The molecule has 0 aliphatic heterocycles. The van der Waals surface area contributed by atoms with Crippen molar-refractivity contribution in [3.8, 4) is 5.75 Å². The maximum Gasteiger partial charge on any atom is 0.305 e. The molecule has 0 aliphatic rings. The van der Waals surface area contributed by atoms with Crippen molar-refractivity contribution in [1.82, 2.24) is 0 Å². The number of rotatable bonds is 6. The van der Waals surface area contributed by atoms with E-state index in [-0.39, 0.29) is 5.97 Å². The topological polar surface area (TPSA) is 35.5 Å². The number of esters is 1. The van der Waals surface area contributed by atoms with E-state index in [1.165, 1.54) is 0 Å². The summed E-state index contributed by atoms with van der Waals surface area (Å²) in [5, 5.41) is 0. The summed E-state index contributed by atoms with van der Waals surface area (Å²) in [5.74, 6) is 0.664. The van der Waals surface area contributed by atoms with Crippen molar-refractivity contribution in [1.29, 1.82) is 0 Å². The van der Waals surface area contributed by atoms with E-state index in [1.54, 1.807) is 6.92 Å². The number of aryl methyl sites for hydroxylation is 1. The molecule has 1 rings (SSSR count). The zero-order chi connectivity index (χ0) is 12.7. The summed E-state index contributed by atoms with van der Waals surface area (Å²) in [6, 6.07) is 5.83. The molecule has 0 spiro atoms. The van der Waals surface area contributed by atoms with E-state index < -0.39 is 0 Å². The Morgan fingerprint density at radius 2 is 2.18 bits per heavy atom. The Morgan fingerprint density at radius 3 is 2.82 bits per heavy atom. The van der Waals surface area contributed by atoms with E-state index in [1.807, 2.05) is 25.1 Å². The van der Waals surface area contributed by atoms with E-state index in [4.69, 9.17) is 9.47 Å². The third kappa shape index (κ3) is 5.22. The number of carbonyl (C=O) groups excluding carboxylic acids is 1. The van der Waals surface area contributed by atoms with Gasteiger partial charge in [0.1, 0.15) is 5.75 Å². The highest BCUT2D eigenvalue weighted by Gasteiger charge is 2.02. The molecule has 1 aromatic carbocycles. The van der Waals surface area contributed by atoms with Crippen molar-refractivity contribution in [3.63, 3.8) is 0 Å². The Morgan fingerprint density at radius 1 is 1.41 bits per heavy atom. The van der Waals surface area contributed by atoms with Crippen molar-refractivity contribution in [2.75, 3.05) is 13.2 Å². The third-order valence-corrected chi connectivity index (χ3v) is 3.12. The van der Waals surface area contributed by atoms with Gasteiger partial charge in [-0.15, -0.1) is 0 Å². The van der Waals surface area contributed by atoms with Crippen LogP contribution in [0.25, 0.3) is 0 Å². The lowest BCUT2D eigenvalue weighted by Crippen LogP contribution is -2.06. The molecule has 0 saturated carbocycles. The second-order valence-electron chi connectivity index (χ2n) is 3.67. The van der Waals surface area contributed by atoms with E-state index >= 15 is 0 Å². The summed E-state index contributed by atoms with van der Waals surface area (Å²) in [5.41, 5.74) is 1.13. The molecule has 0 aliphatic carbocycles. The monoisotopic (exact) mass is 300 g/mol. The minimum absolute atomic E-state index is 0.164. The van der Waals surface area contributed by atoms with Crippen molar-refractivity contribution in [2.24, 2.45) is 0 Å². The van der Waals surface area contributed by atoms with Crippen molar-refractivity contribution >= 4 is 21.9 Å². The number of halogens is 1. The normalized spacial score (nSPS) is 10.1. The third-order valence-electron chi connectivity index (χ3n) is 2.23. The van der Waals surface area contributed by atoms with Gasteiger partial charge >= 0.3 is 5.97 Å². The average molecular weight is 301 g/mol. The van der Waals surface area contributed by atoms with Crippen LogP contribution >= 0.6 is 15.9 Å². The van der Waals surface area contributed by atoms with Gasteiger partial charge in [0.05, 0.1) is 13.2 Å². The molecule has 4 heteroatoms. The number of carbonyl (C=O) groups is 1. The summed E-state index contributed by atoms with van der Waals surface area (Å²) in [7, 11) is 0. The van der Waals surface area contributed by atoms with Gasteiger partial charge in [0.25, 0.3) is 0 Å². The zero-order valence-electron chi connectivity index (χ0n) is 10.2. The van der Waals surface area contributed by atoms with Crippen molar-refractivity contribution < 1.29 is 14.3 Å². The number of hydrogen-bond donors (Lipinski definition) is 0. The molecule has 0 heterocycles. The van der Waals surface area contributed by atoms with Gasteiger partial charge in [0, 0.05) is 10.9 Å². The SMILES string of the molecule is CCOC(=O)CCCOc1ccc(Br)c(C)c1. The van der Waals surface area contributed by atoms with Crippen LogP contribution in [0.2, 0.25) is 0 Å². The molecule has 0 N–H and O–H groups in total. The summed E-state index contributed by atoms with van der Waals surface area (Å²) < 4.78 is 11.4. The minimum atomic E-state index is -0.164. The number of hydrogen-bond acceptors (Lipinski definition) is 3. The largest absolute Gasteiger partial charge is 0.494 e. The van der Waals surface area contributed by atoms with Crippen LogP contribution in [0.4, 0.5) is 0 Å². The Hall–Kier alpha value is -1.03. The summed E-state index contributed by atoms with van der Waals surface area (Å²) >= 11 is 3.43. The molecular formula is C13H17BrO3. The molecule has 1 aromatic rings. The standard InChI is InChI=1S/C13H17BrO3/c1-3-16-13(15)5-4-8-17-11-6-7-12(14)10(2)9-11/h6-7,9H,3-5,8H2,1-2H3. The highest BCUT2D eigenvalue weighted by molar-refractivity contribution is 9.10. The molecule has 17 heavy (non-hydrogen) atoms. The first-order valence-electron chi connectivity index (χ1n) is 5.68. The quantitative estimate of drug-likeness (QED) is 0.596. The molecular weight excluding hydrogens is 284 g/mol. The Labute approximate surface area is 110 Å². The Balaban J connectivity index is 2.26. The lowest BCUT2D eigenvalue weighted by atomic mass is 10.2. The van der Waals surface area contributed by atoms with Gasteiger partial charge in [-0.3, -0.25) is 4.79 Å². The van der Waals surface area contributed by atoms with Crippen LogP contribution in [0, 0.1) is 6.92 Å². The first-order valence-corrected chi connectivity index (χ1v) is 6.47. The molecule has 0 aromatic heterocycles.